The molecule has 0 spiro atoms. The summed E-state index contributed by atoms with van der Waals surface area (Å²) < 4.78 is 5.09. The van der Waals surface area contributed by atoms with Crippen molar-refractivity contribution in [1.29, 1.82) is 0 Å². The maximum atomic E-state index is 5.09. The number of piperidine rings is 1. The van der Waals surface area contributed by atoms with Crippen LogP contribution in [0.25, 0.3) is 0 Å². The Labute approximate surface area is 71.1 Å². The zero-order valence-electron chi connectivity index (χ0n) is 7.13. The molecule has 1 aromatic heterocycles. The molecule has 3 nitrogen and oxygen atoms in total. The monoisotopic (exact) mass is 164 g/mol. The Balaban J connectivity index is 1.99. The van der Waals surface area contributed by atoms with Gasteiger partial charge in [0.15, 0.2) is 0 Å². The second-order valence-electron chi connectivity index (χ2n) is 4.01. The summed E-state index contributed by atoms with van der Waals surface area (Å²) in [5.74, 6) is 1.75. The van der Waals surface area contributed by atoms with E-state index in [4.69, 9.17) is 4.52 Å². The van der Waals surface area contributed by atoms with Crippen LogP contribution in [-0.4, -0.2) is 18.2 Å². The maximum Gasteiger partial charge on any atom is 0.133 e. The molecule has 64 valence electrons. The predicted octanol–water partition coefficient (Wildman–Crippen LogP) is 0.844. The molecule has 1 aliphatic heterocycles. The fourth-order valence-corrected chi connectivity index (χ4v) is 2.34. The molecule has 1 aliphatic carbocycles. The number of aromatic nitrogens is 1. The quantitative estimate of drug-likeness (QED) is 0.668. The van der Waals surface area contributed by atoms with Gasteiger partial charge in [-0.25, -0.2) is 0 Å². The molecule has 1 saturated carbocycles. The predicted molar refractivity (Wildman–Crippen MR) is 43.9 cm³/mol. The van der Waals surface area contributed by atoms with Crippen molar-refractivity contribution in [3.63, 3.8) is 0 Å². The highest BCUT2D eigenvalue weighted by atomic mass is 16.5. The van der Waals surface area contributed by atoms with Gasteiger partial charge in [0.25, 0.3) is 0 Å². The van der Waals surface area contributed by atoms with E-state index in [1.807, 2.05) is 6.92 Å². The van der Waals surface area contributed by atoms with Crippen LogP contribution in [0.2, 0.25) is 0 Å². The van der Waals surface area contributed by atoms with Gasteiger partial charge in [0.05, 0.1) is 5.69 Å². The summed E-state index contributed by atoms with van der Waals surface area (Å²) in [6.45, 7) is 4.20. The Kier molecular flexibility index (Phi) is 1.06. The normalized spacial score (nSPS) is 38.2. The van der Waals surface area contributed by atoms with E-state index in [-0.39, 0.29) is 0 Å². The smallest absolute Gasteiger partial charge is 0.133 e. The van der Waals surface area contributed by atoms with Crippen LogP contribution in [0.15, 0.2) is 10.6 Å². The van der Waals surface area contributed by atoms with Crippen LogP contribution in [0.5, 0.6) is 0 Å². The van der Waals surface area contributed by atoms with Crippen molar-refractivity contribution in [2.24, 2.45) is 5.92 Å². The van der Waals surface area contributed by atoms with Crippen LogP contribution in [-0.2, 0) is 5.41 Å². The summed E-state index contributed by atoms with van der Waals surface area (Å²) >= 11 is 0. The van der Waals surface area contributed by atoms with Gasteiger partial charge in [-0.05, 0) is 25.8 Å². The van der Waals surface area contributed by atoms with Crippen LogP contribution < -0.4 is 5.32 Å². The molecular weight excluding hydrogens is 152 g/mol. The molecule has 2 fully saturated rings. The van der Waals surface area contributed by atoms with Crippen molar-refractivity contribution >= 4 is 0 Å². The van der Waals surface area contributed by atoms with E-state index in [1.54, 1.807) is 0 Å². The molecule has 0 aromatic carbocycles. The number of hydrogen-bond acceptors (Lipinski definition) is 3. The van der Waals surface area contributed by atoms with Gasteiger partial charge in [0.2, 0.25) is 0 Å². The number of fused-ring (bicyclic) bond motifs is 1. The highest BCUT2D eigenvalue weighted by Crippen LogP contribution is 2.55. The second-order valence-corrected chi connectivity index (χ2v) is 4.01. The first kappa shape index (κ1) is 6.66. The van der Waals surface area contributed by atoms with E-state index in [0.29, 0.717) is 5.41 Å². The van der Waals surface area contributed by atoms with Crippen LogP contribution in [0, 0.1) is 12.8 Å². The minimum Gasteiger partial charge on any atom is -0.361 e. The topological polar surface area (TPSA) is 38.1 Å². The van der Waals surface area contributed by atoms with E-state index in [0.717, 1.165) is 30.5 Å². The molecular formula is C9H12N2O. The van der Waals surface area contributed by atoms with Crippen molar-refractivity contribution in [3.05, 3.63) is 17.5 Å². The first-order valence-electron chi connectivity index (χ1n) is 4.46. The fraction of sp³-hybridized carbons (Fsp3) is 0.667. The average molecular weight is 164 g/mol. The molecule has 1 aromatic rings. The Bertz CT molecular complexity index is 320. The summed E-state index contributed by atoms with van der Waals surface area (Å²) in [5.41, 5.74) is 1.52. The Morgan fingerprint density at radius 2 is 2.67 bits per heavy atom. The summed E-state index contributed by atoms with van der Waals surface area (Å²) in [6.07, 6.45) is 1.30. The number of hydrogen-bond donors (Lipinski definition) is 1. The molecule has 0 radical (unpaired) electrons. The van der Waals surface area contributed by atoms with Crippen molar-refractivity contribution in [1.82, 2.24) is 10.5 Å². The minimum atomic E-state index is 0.359. The second kappa shape index (κ2) is 1.91. The summed E-state index contributed by atoms with van der Waals surface area (Å²) in [4.78, 5) is 0. The van der Waals surface area contributed by atoms with E-state index in [1.165, 1.54) is 6.42 Å². The fourth-order valence-electron chi connectivity index (χ4n) is 2.34. The van der Waals surface area contributed by atoms with Crippen molar-refractivity contribution < 1.29 is 4.52 Å². The molecule has 12 heavy (non-hydrogen) atoms. The summed E-state index contributed by atoms with van der Waals surface area (Å²) in [5, 5.41) is 7.48. The molecule has 1 N–H and O–H groups in total. The molecule has 0 bridgehead atoms. The summed E-state index contributed by atoms with van der Waals surface area (Å²) in [6, 6.07) is 2.08. The van der Waals surface area contributed by atoms with Gasteiger partial charge in [-0.3, -0.25) is 0 Å². The maximum absolute atomic E-state index is 5.09. The van der Waals surface area contributed by atoms with E-state index < -0.39 is 0 Å². The standard InChI is InChI=1S/C9H12N2O/c1-6-2-8(11-12-6)9-3-7(9)4-10-5-9/h2,7,10H,3-5H2,1H3. The molecule has 2 unspecified atom stereocenters. The van der Waals surface area contributed by atoms with Gasteiger partial charge in [0, 0.05) is 18.0 Å². The third-order valence-corrected chi connectivity index (χ3v) is 3.20. The molecule has 3 heteroatoms. The van der Waals surface area contributed by atoms with Gasteiger partial charge in [0.1, 0.15) is 5.76 Å². The number of rotatable bonds is 1. The molecule has 2 aliphatic rings. The molecule has 0 amide bonds. The molecule has 3 rings (SSSR count). The third kappa shape index (κ3) is 0.672. The molecule has 2 heterocycles. The van der Waals surface area contributed by atoms with Gasteiger partial charge in [-0.15, -0.1) is 0 Å². The Hall–Kier alpha value is -0.830. The highest BCUT2D eigenvalue weighted by Gasteiger charge is 2.59. The van der Waals surface area contributed by atoms with Gasteiger partial charge in [-0.2, -0.15) is 0 Å². The van der Waals surface area contributed by atoms with E-state index >= 15 is 0 Å². The van der Waals surface area contributed by atoms with E-state index in [9.17, 15) is 0 Å². The number of nitrogens with zero attached hydrogens (tertiary/aromatic N) is 1. The lowest BCUT2D eigenvalue weighted by Gasteiger charge is -2.04. The Morgan fingerprint density at radius 3 is 3.17 bits per heavy atom. The average Bonchev–Trinajstić information content (AvgIpc) is 2.50. The highest BCUT2D eigenvalue weighted by molar-refractivity contribution is 5.31. The zero-order chi connectivity index (χ0) is 8.18. The first-order valence-corrected chi connectivity index (χ1v) is 4.46. The van der Waals surface area contributed by atoms with Crippen LogP contribution >= 0.6 is 0 Å². The van der Waals surface area contributed by atoms with Crippen molar-refractivity contribution in [2.45, 2.75) is 18.8 Å². The lowest BCUT2D eigenvalue weighted by molar-refractivity contribution is 0.383. The number of aryl methyl sites for hydroxylation is 1. The van der Waals surface area contributed by atoms with E-state index in [2.05, 4.69) is 16.5 Å². The van der Waals surface area contributed by atoms with Crippen LogP contribution in [0.4, 0.5) is 0 Å². The zero-order valence-corrected chi connectivity index (χ0v) is 7.13. The summed E-state index contributed by atoms with van der Waals surface area (Å²) in [7, 11) is 0. The van der Waals surface area contributed by atoms with Gasteiger partial charge < -0.3 is 9.84 Å². The largest absolute Gasteiger partial charge is 0.361 e. The van der Waals surface area contributed by atoms with Gasteiger partial charge >= 0.3 is 0 Å². The van der Waals surface area contributed by atoms with Crippen LogP contribution in [0.1, 0.15) is 17.9 Å². The first-order chi connectivity index (χ1) is 5.81. The number of nitrogens with one attached hydrogen (secondary N) is 1. The minimum absolute atomic E-state index is 0.359. The van der Waals surface area contributed by atoms with Crippen molar-refractivity contribution in [2.75, 3.05) is 13.1 Å². The van der Waals surface area contributed by atoms with Gasteiger partial charge in [-0.1, -0.05) is 5.16 Å². The lowest BCUT2D eigenvalue weighted by Crippen LogP contribution is -2.19. The van der Waals surface area contributed by atoms with Crippen molar-refractivity contribution in [3.8, 4) is 0 Å². The lowest BCUT2D eigenvalue weighted by atomic mass is 10.0. The molecule has 2 atom stereocenters. The SMILES string of the molecule is Cc1cc(C23CNCC2C3)no1. The van der Waals surface area contributed by atoms with Crippen LogP contribution in [0.3, 0.4) is 0 Å². The third-order valence-electron chi connectivity index (χ3n) is 3.20. The molecule has 1 saturated heterocycles. The Morgan fingerprint density at radius 1 is 1.75 bits per heavy atom.